The molecule has 3 aromatic carbocycles. The molecular weight excluding hydrogens is 462 g/mol. The minimum atomic E-state index is -1.01. The Morgan fingerprint density at radius 3 is 2.57 bits per heavy atom. The van der Waals surface area contributed by atoms with Crippen LogP contribution in [0, 0.1) is 0 Å². The lowest BCUT2D eigenvalue weighted by Crippen LogP contribution is -2.37. The van der Waals surface area contributed by atoms with Gasteiger partial charge in [-0.2, -0.15) is 0 Å². The number of carbonyl (C=O) groups excluding carboxylic acids is 1. The first-order chi connectivity index (χ1) is 16.5. The highest BCUT2D eigenvalue weighted by molar-refractivity contribution is 6.31. The number of aromatic carboxylic acids is 1. The molecule has 2 aliphatic rings. The fourth-order valence-electron chi connectivity index (χ4n) is 5.27. The van der Waals surface area contributed by atoms with Gasteiger partial charge in [0, 0.05) is 10.7 Å². The zero-order valence-corrected chi connectivity index (χ0v) is 21.1. The molecule has 35 heavy (non-hydrogen) atoms. The van der Waals surface area contributed by atoms with Gasteiger partial charge in [0.2, 0.25) is 5.91 Å². The summed E-state index contributed by atoms with van der Waals surface area (Å²) in [6.07, 6.45) is 2.35. The Bertz CT molecular complexity index is 1380. The summed E-state index contributed by atoms with van der Waals surface area (Å²) in [5.41, 5.74) is 3.69. The molecular formula is C29H28ClNO4. The van der Waals surface area contributed by atoms with Gasteiger partial charge in [0.1, 0.15) is 11.4 Å². The van der Waals surface area contributed by atoms with Crippen LogP contribution in [0.4, 0.5) is 11.4 Å². The van der Waals surface area contributed by atoms with Gasteiger partial charge in [0.05, 0.1) is 16.7 Å². The molecule has 0 saturated heterocycles. The fourth-order valence-corrected chi connectivity index (χ4v) is 5.44. The number of carbonyl (C=O) groups is 2. The average molecular weight is 490 g/mol. The molecule has 0 radical (unpaired) electrons. The number of hydrogen-bond acceptors (Lipinski definition) is 3. The van der Waals surface area contributed by atoms with Gasteiger partial charge in [-0.15, -0.1) is 0 Å². The van der Waals surface area contributed by atoms with Crippen LogP contribution in [-0.2, 0) is 23.1 Å². The second-order valence-corrected chi connectivity index (χ2v) is 10.5. The smallest absolute Gasteiger partial charge is 0.336 e. The molecule has 6 heteroatoms. The van der Waals surface area contributed by atoms with Crippen molar-refractivity contribution in [3.05, 3.63) is 87.4 Å². The second kappa shape index (κ2) is 8.13. The first kappa shape index (κ1) is 23.4. The molecule has 1 atom stereocenters. The standard InChI is InChI=1S/C29H28ClNO4/c1-5-17-6-9-21(16-22(17)26(32)33)31-24-10-8-20(30)15-23(24)29(4,27(31)34)19-7-11-25-18(14-19)12-13-28(2,3)35-25/h6-11,14-16H,5,12-13H2,1-4H3,(H,32,33)/t29-/m0/s1. The Hall–Kier alpha value is -3.31. The van der Waals surface area contributed by atoms with E-state index in [1.54, 1.807) is 23.1 Å². The summed E-state index contributed by atoms with van der Waals surface area (Å²) in [5.74, 6) is -0.303. The highest BCUT2D eigenvalue weighted by Crippen LogP contribution is 2.50. The summed E-state index contributed by atoms with van der Waals surface area (Å²) in [5, 5.41) is 10.3. The molecule has 0 saturated carbocycles. The minimum absolute atomic E-state index is 0.146. The van der Waals surface area contributed by atoms with E-state index >= 15 is 0 Å². The number of rotatable bonds is 4. The molecule has 5 rings (SSSR count). The molecule has 0 aliphatic carbocycles. The largest absolute Gasteiger partial charge is 0.488 e. The van der Waals surface area contributed by atoms with Gasteiger partial charge in [0.25, 0.3) is 0 Å². The maximum absolute atomic E-state index is 14.2. The second-order valence-electron chi connectivity index (χ2n) is 10.1. The van der Waals surface area contributed by atoms with E-state index in [2.05, 4.69) is 19.9 Å². The van der Waals surface area contributed by atoms with Crippen LogP contribution in [0.25, 0.3) is 0 Å². The molecule has 0 fully saturated rings. The van der Waals surface area contributed by atoms with E-state index in [0.717, 1.165) is 40.8 Å². The number of fused-ring (bicyclic) bond motifs is 2. The normalized spacial score (nSPS) is 20.3. The summed E-state index contributed by atoms with van der Waals surface area (Å²) in [6.45, 7) is 7.99. The maximum Gasteiger partial charge on any atom is 0.336 e. The van der Waals surface area contributed by atoms with Crippen molar-refractivity contribution < 1.29 is 19.4 Å². The first-order valence-corrected chi connectivity index (χ1v) is 12.3. The number of amides is 1. The minimum Gasteiger partial charge on any atom is -0.488 e. The summed E-state index contributed by atoms with van der Waals surface area (Å²) >= 11 is 6.41. The summed E-state index contributed by atoms with van der Waals surface area (Å²) in [7, 11) is 0. The van der Waals surface area contributed by atoms with E-state index < -0.39 is 11.4 Å². The fraction of sp³-hybridized carbons (Fsp3) is 0.310. The predicted molar refractivity (Wildman–Crippen MR) is 137 cm³/mol. The van der Waals surface area contributed by atoms with Crippen molar-refractivity contribution in [1.29, 1.82) is 0 Å². The lowest BCUT2D eigenvalue weighted by atomic mass is 9.76. The number of carboxylic acid groups (broad SMARTS) is 1. The summed E-state index contributed by atoms with van der Waals surface area (Å²) in [4.78, 5) is 27.7. The van der Waals surface area contributed by atoms with Crippen molar-refractivity contribution in [2.45, 2.75) is 58.0 Å². The molecule has 1 N–H and O–H groups in total. The average Bonchev–Trinajstić information content (AvgIpc) is 3.05. The van der Waals surface area contributed by atoms with Crippen molar-refractivity contribution in [3.63, 3.8) is 0 Å². The number of benzene rings is 3. The first-order valence-electron chi connectivity index (χ1n) is 11.9. The van der Waals surface area contributed by atoms with Gasteiger partial charge in [-0.05, 0) is 98.7 Å². The Balaban J connectivity index is 1.66. The van der Waals surface area contributed by atoms with E-state index in [4.69, 9.17) is 16.3 Å². The predicted octanol–water partition coefficient (Wildman–Crippen LogP) is 6.69. The molecule has 5 nitrogen and oxygen atoms in total. The van der Waals surface area contributed by atoms with Gasteiger partial charge in [0.15, 0.2) is 0 Å². The van der Waals surface area contributed by atoms with Gasteiger partial charge in [-0.25, -0.2) is 4.79 Å². The van der Waals surface area contributed by atoms with Crippen LogP contribution in [0.3, 0.4) is 0 Å². The number of hydrogen-bond donors (Lipinski definition) is 1. The third-order valence-corrected chi connectivity index (χ3v) is 7.59. The number of aryl methyl sites for hydroxylation is 2. The lowest BCUT2D eigenvalue weighted by molar-refractivity contribution is -0.120. The van der Waals surface area contributed by atoms with E-state index in [-0.39, 0.29) is 17.1 Å². The molecule has 180 valence electrons. The number of carboxylic acids is 1. The Labute approximate surface area is 210 Å². The molecule has 1 amide bonds. The van der Waals surface area contributed by atoms with Crippen molar-refractivity contribution in [1.82, 2.24) is 0 Å². The van der Waals surface area contributed by atoms with Crippen LogP contribution in [0.5, 0.6) is 5.75 Å². The van der Waals surface area contributed by atoms with Crippen LogP contribution in [0.15, 0.2) is 54.6 Å². The Kier molecular flexibility index (Phi) is 5.44. The van der Waals surface area contributed by atoms with Crippen molar-refractivity contribution >= 4 is 34.9 Å². The van der Waals surface area contributed by atoms with Crippen molar-refractivity contribution in [2.24, 2.45) is 0 Å². The zero-order chi connectivity index (χ0) is 25.1. The van der Waals surface area contributed by atoms with Gasteiger partial charge in [-0.1, -0.05) is 36.7 Å². The number of halogens is 1. The maximum atomic E-state index is 14.2. The number of anilines is 2. The van der Waals surface area contributed by atoms with Crippen LogP contribution < -0.4 is 9.64 Å². The molecule has 3 aromatic rings. The van der Waals surface area contributed by atoms with Gasteiger partial charge in [-0.3, -0.25) is 9.69 Å². The van der Waals surface area contributed by atoms with Crippen LogP contribution >= 0.6 is 11.6 Å². The monoisotopic (exact) mass is 489 g/mol. The number of nitrogens with zero attached hydrogens (tertiary/aromatic N) is 1. The molecule has 0 aromatic heterocycles. The summed E-state index contributed by atoms with van der Waals surface area (Å²) < 4.78 is 6.16. The third-order valence-electron chi connectivity index (χ3n) is 7.35. The lowest BCUT2D eigenvalue weighted by Gasteiger charge is -2.34. The highest BCUT2D eigenvalue weighted by Gasteiger charge is 2.49. The Morgan fingerprint density at radius 2 is 1.86 bits per heavy atom. The molecule has 0 unspecified atom stereocenters. The van der Waals surface area contributed by atoms with Crippen LogP contribution in [-0.4, -0.2) is 22.6 Å². The SMILES string of the molecule is CCc1ccc(N2C(=O)[C@@](C)(c3ccc4c(c3)CCC(C)(C)O4)c3cc(Cl)ccc32)cc1C(=O)O. The van der Waals surface area contributed by atoms with Gasteiger partial charge >= 0.3 is 5.97 Å². The van der Waals surface area contributed by atoms with Crippen molar-refractivity contribution in [2.75, 3.05) is 4.90 Å². The van der Waals surface area contributed by atoms with Gasteiger partial charge < -0.3 is 9.84 Å². The third kappa shape index (κ3) is 3.69. The molecule has 0 bridgehead atoms. The highest BCUT2D eigenvalue weighted by atomic mass is 35.5. The summed E-state index contributed by atoms with van der Waals surface area (Å²) in [6, 6.07) is 16.6. The molecule has 0 spiro atoms. The topological polar surface area (TPSA) is 66.8 Å². The van der Waals surface area contributed by atoms with Crippen LogP contribution in [0.1, 0.15) is 66.7 Å². The number of ether oxygens (including phenoxy) is 1. The quantitative estimate of drug-likeness (QED) is 0.443. The van der Waals surface area contributed by atoms with Crippen LogP contribution in [0.2, 0.25) is 5.02 Å². The van der Waals surface area contributed by atoms with Crippen molar-refractivity contribution in [3.8, 4) is 5.75 Å². The van der Waals surface area contributed by atoms with E-state index in [1.165, 1.54) is 0 Å². The zero-order valence-electron chi connectivity index (χ0n) is 20.3. The van der Waals surface area contributed by atoms with E-state index in [1.807, 2.05) is 44.2 Å². The van der Waals surface area contributed by atoms with E-state index in [0.29, 0.717) is 22.8 Å². The van der Waals surface area contributed by atoms with E-state index in [9.17, 15) is 14.7 Å². The molecule has 2 aliphatic heterocycles. The Morgan fingerprint density at radius 1 is 1.09 bits per heavy atom. The molecule has 2 heterocycles.